The number of rotatable bonds is 15. The van der Waals surface area contributed by atoms with Crippen LogP contribution in [0.15, 0.2) is 48.5 Å². The molecule has 7 nitrogen and oxygen atoms in total. The molecule has 1 N–H and O–H groups in total. The van der Waals surface area contributed by atoms with Gasteiger partial charge in [-0.2, -0.15) is 22.0 Å². The zero-order valence-corrected chi connectivity index (χ0v) is 21.7. The second-order valence-electron chi connectivity index (χ2n) is 8.76. The minimum atomic E-state index is -5.63. The lowest BCUT2D eigenvalue weighted by Crippen LogP contribution is -2.38. The number of nitrogens with zero attached hydrogens (tertiary/aromatic N) is 1. The number of ether oxygens (including phenoxy) is 3. The number of aryl methyl sites for hydroxylation is 1. The molecule has 0 fully saturated rings. The predicted molar refractivity (Wildman–Crippen MR) is 132 cm³/mol. The Labute approximate surface area is 223 Å². The number of carboxylic acids is 1. The van der Waals surface area contributed by atoms with Crippen molar-refractivity contribution in [3.63, 3.8) is 0 Å². The maximum Gasteiger partial charge on any atom is 0.453 e. The lowest BCUT2D eigenvalue weighted by Gasteiger charge is -2.23. The summed E-state index contributed by atoms with van der Waals surface area (Å²) in [6, 6.07) is 13.3. The van der Waals surface area contributed by atoms with E-state index < -0.39 is 43.1 Å². The summed E-state index contributed by atoms with van der Waals surface area (Å²) < 4.78 is 80.0. The molecule has 216 valence electrons. The molecular formula is C27H32F5NO6. The van der Waals surface area contributed by atoms with Gasteiger partial charge in [0.15, 0.2) is 6.10 Å². The number of halogens is 5. The first-order valence-electron chi connectivity index (χ1n) is 12.4. The van der Waals surface area contributed by atoms with Crippen LogP contribution in [0.3, 0.4) is 0 Å². The Morgan fingerprint density at radius 1 is 0.974 bits per heavy atom. The highest BCUT2D eigenvalue weighted by atomic mass is 19.4. The Balaban J connectivity index is 1.97. The molecule has 2 aromatic rings. The molecule has 0 aliphatic rings. The molecule has 0 aromatic heterocycles. The first kappa shape index (κ1) is 31.8. The molecule has 0 aliphatic carbocycles. The average Bonchev–Trinajstić information content (AvgIpc) is 2.86. The standard InChI is InChI=1S/C27H32F5NO6/c1-3-37-23(24(34)35)18-20-10-12-21(13-11-20)38-17-16-33(15-7-6-14-26(28,29)27(30,31)32)25(36)39-22-9-5-4-8-19(22)2/h4-5,8-13,23H,3,6-7,14-18H2,1-2H3,(H,34,35). The smallest absolute Gasteiger partial charge is 0.453 e. The number of carbonyl (C=O) groups excluding carboxylic acids is 1. The highest BCUT2D eigenvalue weighted by Gasteiger charge is 2.56. The van der Waals surface area contributed by atoms with Crippen LogP contribution in [0.25, 0.3) is 0 Å². The molecule has 0 saturated heterocycles. The van der Waals surface area contributed by atoms with Gasteiger partial charge in [0.2, 0.25) is 0 Å². The monoisotopic (exact) mass is 561 g/mol. The molecule has 2 rings (SSSR count). The zero-order chi connectivity index (χ0) is 29.1. The fourth-order valence-corrected chi connectivity index (χ4v) is 3.54. The third kappa shape index (κ3) is 10.3. The van der Waals surface area contributed by atoms with E-state index in [1.807, 2.05) is 0 Å². The van der Waals surface area contributed by atoms with Crippen molar-refractivity contribution in [3.05, 3.63) is 59.7 Å². The number of carboxylic acid groups (broad SMARTS) is 1. The second-order valence-corrected chi connectivity index (χ2v) is 8.76. The first-order chi connectivity index (χ1) is 18.3. The van der Waals surface area contributed by atoms with Crippen LogP contribution in [0.2, 0.25) is 0 Å². The Kier molecular flexibility index (Phi) is 12.0. The van der Waals surface area contributed by atoms with Crippen LogP contribution in [0.1, 0.15) is 37.3 Å². The van der Waals surface area contributed by atoms with E-state index in [0.29, 0.717) is 22.6 Å². The van der Waals surface area contributed by atoms with E-state index in [-0.39, 0.29) is 39.1 Å². The minimum absolute atomic E-state index is 0.0162. The van der Waals surface area contributed by atoms with Crippen molar-refractivity contribution in [1.29, 1.82) is 0 Å². The summed E-state index contributed by atoms with van der Waals surface area (Å²) in [5, 5.41) is 9.21. The number of hydrogen-bond acceptors (Lipinski definition) is 5. The Hall–Kier alpha value is -3.41. The van der Waals surface area contributed by atoms with Gasteiger partial charge in [0, 0.05) is 26.0 Å². The lowest BCUT2D eigenvalue weighted by molar-refractivity contribution is -0.284. The molecule has 2 aromatic carbocycles. The number of hydrogen-bond donors (Lipinski definition) is 1. The summed E-state index contributed by atoms with van der Waals surface area (Å²) in [5.41, 5.74) is 1.39. The summed E-state index contributed by atoms with van der Waals surface area (Å²) in [5.74, 6) is -5.16. The highest BCUT2D eigenvalue weighted by Crippen LogP contribution is 2.39. The topological polar surface area (TPSA) is 85.3 Å². The Bertz CT molecular complexity index is 1060. The molecule has 12 heteroatoms. The third-order valence-electron chi connectivity index (χ3n) is 5.75. The molecule has 1 amide bonds. The fourth-order valence-electron chi connectivity index (χ4n) is 3.54. The fraction of sp³-hybridized carbons (Fsp3) is 0.481. The van der Waals surface area contributed by atoms with E-state index in [0.717, 1.165) is 0 Å². The van der Waals surface area contributed by atoms with Crippen LogP contribution in [0.4, 0.5) is 26.7 Å². The van der Waals surface area contributed by atoms with Crippen molar-refractivity contribution in [2.24, 2.45) is 0 Å². The minimum Gasteiger partial charge on any atom is -0.492 e. The molecule has 1 unspecified atom stereocenters. The van der Waals surface area contributed by atoms with Crippen molar-refractivity contribution in [2.45, 2.75) is 57.7 Å². The number of amides is 1. The van der Waals surface area contributed by atoms with Gasteiger partial charge in [-0.25, -0.2) is 9.59 Å². The molecule has 1 atom stereocenters. The van der Waals surface area contributed by atoms with E-state index in [1.54, 1.807) is 62.4 Å². The van der Waals surface area contributed by atoms with E-state index in [4.69, 9.17) is 14.2 Å². The summed E-state index contributed by atoms with van der Waals surface area (Å²) >= 11 is 0. The molecule has 0 saturated carbocycles. The molecule has 39 heavy (non-hydrogen) atoms. The molecule has 0 radical (unpaired) electrons. The quantitative estimate of drug-likeness (QED) is 0.204. The SMILES string of the molecule is CCOC(Cc1ccc(OCCN(CCCCC(F)(F)C(F)(F)F)C(=O)Oc2ccccc2C)cc1)C(=O)O. The Morgan fingerprint density at radius 3 is 2.23 bits per heavy atom. The van der Waals surface area contributed by atoms with E-state index in [2.05, 4.69) is 0 Å². The predicted octanol–water partition coefficient (Wildman–Crippen LogP) is 6.27. The van der Waals surface area contributed by atoms with Crippen LogP contribution < -0.4 is 9.47 Å². The van der Waals surface area contributed by atoms with Crippen LogP contribution in [-0.4, -0.2) is 66.6 Å². The van der Waals surface area contributed by atoms with Gasteiger partial charge in [-0.1, -0.05) is 30.3 Å². The van der Waals surface area contributed by atoms with Gasteiger partial charge in [-0.15, -0.1) is 0 Å². The molecule has 0 aliphatic heterocycles. The second kappa shape index (κ2) is 14.7. The lowest BCUT2D eigenvalue weighted by atomic mass is 10.1. The van der Waals surface area contributed by atoms with E-state index in [9.17, 15) is 36.6 Å². The zero-order valence-electron chi connectivity index (χ0n) is 21.7. The molecular weight excluding hydrogens is 529 g/mol. The van der Waals surface area contributed by atoms with Crippen molar-refractivity contribution in [3.8, 4) is 11.5 Å². The van der Waals surface area contributed by atoms with Gasteiger partial charge in [0.25, 0.3) is 0 Å². The van der Waals surface area contributed by atoms with Crippen molar-refractivity contribution in [2.75, 3.05) is 26.3 Å². The summed E-state index contributed by atoms with van der Waals surface area (Å²) in [6.07, 6.45) is -9.18. The Morgan fingerprint density at radius 2 is 1.64 bits per heavy atom. The van der Waals surface area contributed by atoms with Gasteiger partial charge in [0.05, 0.1) is 6.54 Å². The highest BCUT2D eigenvalue weighted by molar-refractivity contribution is 5.72. The number of alkyl halides is 5. The van der Waals surface area contributed by atoms with Gasteiger partial charge in [-0.3, -0.25) is 0 Å². The van der Waals surface area contributed by atoms with Crippen molar-refractivity contribution < 1.29 is 50.9 Å². The largest absolute Gasteiger partial charge is 0.492 e. The van der Waals surface area contributed by atoms with Gasteiger partial charge in [-0.05, 0) is 56.0 Å². The number of unbranched alkanes of at least 4 members (excludes halogenated alkanes) is 1. The van der Waals surface area contributed by atoms with Crippen LogP contribution >= 0.6 is 0 Å². The van der Waals surface area contributed by atoms with Crippen LogP contribution in [0, 0.1) is 6.92 Å². The molecule has 0 bridgehead atoms. The maximum absolute atomic E-state index is 13.2. The maximum atomic E-state index is 13.2. The first-order valence-corrected chi connectivity index (χ1v) is 12.4. The van der Waals surface area contributed by atoms with E-state index in [1.165, 1.54) is 4.90 Å². The van der Waals surface area contributed by atoms with Crippen molar-refractivity contribution in [1.82, 2.24) is 4.90 Å². The number of carbonyl (C=O) groups is 2. The van der Waals surface area contributed by atoms with Crippen molar-refractivity contribution >= 4 is 12.1 Å². The van der Waals surface area contributed by atoms with Crippen LogP contribution in [0.5, 0.6) is 11.5 Å². The van der Waals surface area contributed by atoms with Gasteiger partial charge in [0.1, 0.15) is 18.1 Å². The molecule has 0 spiro atoms. The number of benzene rings is 2. The third-order valence-corrected chi connectivity index (χ3v) is 5.75. The van der Waals surface area contributed by atoms with E-state index >= 15 is 0 Å². The number of aliphatic carboxylic acids is 1. The normalized spacial score (nSPS) is 12.6. The van der Waals surface area contributed by atoms with Gasteiger partial charge >= 0.3 is 24.2 Å². The summed E-state index contributed by atoms with van der Waals surface area (Å²) in [7, 11) is 0. The summed E-state index contributed by atoms with van der Waals surface area (Å²) in [6.45, 7) is 3.53. The average molecular weight is 562 g/mol. The number of para-hydroxylation sites is 1. The van der Waals surface area contributed by atoms with Crippen LogP contribution in [-0.2, 0) is 16.0 Å². The van der Waals surface area contributed by atoms with Gasteiger partial charge < -0.3 is 24.2 Å². The molecule has 0 heterocycles. The summed E-state index contributed by atoms with van der Waals surface area (Å²) in [4.78, 5) is 25.2.